The zero-order chi connectivity index (χ0) is 28.5. The van der Waals surface area contributed by atoms with Gasteiger partial charge < -0.3 is 26.2 Å². The molecule has 3 heterocycles. The third kappa shape index (κ3) is 8.17. The fourth-order valence-corrected chi connectivity index (χ4v) is 5.73. The number of nitrogens with two attached hydrogens (primary N) is 1. The molecule has 0 bridgehead atoms. The van der Waals surface area contributed by atoms with Crippen molar-refractivity contribution >= 4 is 58.1 Å². The molecule has 1 aliphatic rings. The Morgan fingerprint density at radius 2 is 1.82 bits per heavy atom. The van der Waals surface area contributed by atoms with Crippen molar-refractivity contribution in [1.82, 2.24) is 20.5 Å². The first kappa shape index (κ1) is 29.8. The van der Waals surface area contributed by atoms with Gasteiger partial charge in [-0.1, -0.05) is 41.4 Å². The number of thiophene rings is 1. The molecule has 40 heavy (non-hydrogen) atoms. The minimum atomic E-state index is -0.784. The average Bonchev–Trinajstić information content (AvgIpc) is 3.46. The van der Waals surface area contributed by atoms with Crippen LogP contribution in [0.3, 0.4) is 0 Å². The maximum absolute atomic E-state index is 13.6. The molecule has 4 rings (SSSR count). The Morgan fingerprint density at radius 3 is 2.52 bits per heavy atom. The monoisotopic (exact) mass is 602 g/mol. The van der Waals surface area contributed by atoms with Gasteiger partial charge in [0, 0.05) is 78.8 Å². The first-order valence-electron chi connectivity index (χ1n) is 13.0. The standard InChI is InChI=1S/C28H32Cl2N6O3S/c29-21-6-5-19(23(30)16-21)15-24(34-25(37)7-8-31)28(39)36-12-10-35(11-13-36)27-20(3-1-9-32-27)18-33-26(38)17-22-4-2-14-40-22/h1-6,9,14,16,24H,7-8,10-13,15,17-18,31H2,(H,33,38)(H,34,37)/t24-/m1/s1. The summed E-state index contributed by atoms with van der Waals surface area (Å²) in [7, 11) is 0. The first-order valence-corrected chi connectivity index (χ1v) is 14.7. The van der Waals surface area contributed by atoms with Gasteiger partial charge in [0.25, 0.3) is 0 Å². The minimum absolute atomic E-state index is 0.0452. The fraction of sp³-hybridized carbons (Fsp3) is 0.357. The summed E-state index contributed by atoms with van der Waals surface area (Å²) in [6, 6.07) is 12.0. The molecule has 4 N–H and O–H groups in total. The number of rotatable bonds is 11. The molecular formula is C28H32Cl2N6O3S. The molecule has 3 aromatic rings. The topological polar surface area (TPSA) is 121 Å². The molecule has 2 aromatic heterocycles. The van der Waals surface area contributed by atoms with E-state index in [0.717, 1.165) is 21.8 Å². The van der Waals surface area contributed by atoms with Crippen LogP contribution in [0.4, 0.5) is 5.82 Å². The van der Waals surface area contributed by atoms with Gasteiger partial charge in [-0.2, -0.15) is 0 Å². The molecule has 0 spiro atoms. The number of anilines is 1. The van der Waals surface area contributed by atoms with Crippen LogP contribution in [0.2, 0.25) is 10.0 Å². The summed E-state index contributed by atoms with van der Waals surface area (Å²) in [5.41, 5.74) is 7.17. The maximum atomic E-state index is 13.6. The van der Waals surface area contributed by atoms with Crippen LogP contribution in [0.5, 0.6) is 0 Å². The van der Waals surface area contributed by atoms with Crippen molar-refractivity contribution in [2.24, 2.45) is 5.73 Å². The van der Waals surface area contributed by atoms with Gasteiger partial charge in [-0.25, -0.2) is 4.98 Å². The molecule has 0 aliphatic carbocycles. The Kier molecular flexibility index (Phi) is 10.8. The number of aromatic nitrogens is 1. The highest BCUT2D eigenvalue weighted by molar-refractivity contribution is 7.10. The number of nitrogens with one attached hydrogen (secondary N) is 2. The van der Waals surface area contributed by atoms with E-state index in [2.05, 4.69) is 20.5 Å². The zero-order valence-corrected chi connectivity index (χ0v) is 24.3. The Hall–Kier alpha value is -3.18. The highest BCUT2D eigenvalue weighted by atomic mass is 35.5. The summed E-state index contributed by atoms with van der Waals surface area (Å²) in [5, 5.41) is 8.71. The average molecular weight is 604 g/mol. The van der Waals surface area contributed by atoms with Crippen LogP contribution in [0.15, 0.2) is 54.0 Å². The number of carbonyl (C=O) groups is 3. The molecular weight excluding hydrogens is 571 g/mol. The van der Waals surface area contributed by atoms with Gasteiger partial charge in [-0.3, -0.25) is 14.4 Å². The lowest BCUT2D eigenvalue weighted by molar-refractivity contribution is -0.136. The Morgan fingerprint density at radius 1 is 1.02 bits per heavy atom. The normalized spacial score (nSPS) is 14.1. The molecule has 1 saturated heterocycles. The van der Waals surface area contributed by atoms with E-state index in [4.69, 9.17) is 28.9 Å². The molecule has 1 aliphatic heterocycles. The van der Waals surface area contributed by atoms with Gasteiger partial charge in [0.2, 0.25) is 17.7 Å². The molecule has 1 aromatic carbocycles. The van der Waals surface area contributed by atoms with Crippen molar-refractivity contribution in [3.63, 3.8) is 0 Å². The molecule has 0 unspecified atom stereocenters. The fourth-order valence-electron chi connectivity index (χ4n) is 4.54. The van der Waals surface area contributed by atoms with Crippen LogP contribution >= 0.6 is 34.5 Å². The van der Waals surface area contributed by atoms with Crippen LogP contribution in [0.1, 0.15) is 22.4 Å². The first-order chi connectivity index (χ1) is 19.3. The van der Waals surface area contributed by atoms with E-state index in [0.29, 0.717) is 49.2 Å². The van der Waals surface area contributed by atoms with Crippen LogP contribution < -0.4 is 21.3 Å². The molecule has 1 atom stereocenters. The van der Waals surface area contributed by atoms with Crippen molar-refractivity contribution in [2.75, 3.05) is 37.6 Å². The number of pyridine rings is 1. The highest BCUT2D eigenvalue weighted by Gasteiger charge is 2.30. The number of benzene rings is 1. The summed E-state index contributed by atoms with van der Waals surface area (Å²) in [6.07, 6.45) is 2.43. The lowest BCUT2D eigenvalue weighted by Gasteiger charge is -2.37. The number of hydrogen-bond acceptors (Lipinski definition) is 7. The second-order valence-electron chi connectivity index (χ2n) is 9.43. The Labute approximate surface area is 247 Å². The molecule has 0 saturated carbocycles. The largest absolute Gasteiger partial charge is 0.353 e. The van der Waals surface area contributed by atoms with Crippen LogP contribution in [0, 0.1) is 0 Å². The van der Waals surface area contributed by atoms with Gasteiger partial charge in [-0.15, -0.1) is 11.3 Å². The molecule has 0 radical (unpaired) electrons. The third-order valence-electron chi connectivity index (χ3n) is 6.59. The number of piperazine rings is 1. The van der Waals surface area contributed by atoms with Gasteiger partial charge in [0.05, 0.1) is 6.42 Å². The minimum Gasteiger partial charge on any atom is -0.353 e. The Bertz CT molecular complexity index is 1320. The number of amides is 3. The number of nitrogens with zero attached hydrogens (tertiary/aromatic N) is 3. The van der Waals surface area contributed by atoms with E-state index in [1.54, 1.807) is 40.6 Å². The van der Waals surface area contributed by atoms with Gasteiger partial charge in [-0.05, 0) is 35.2 Å². The van der Waals surface area contributed by atoms with Crippen molar-refractivity contribution in [2.45, 2.75) is 31.8 Å². The molecule has 3 amide bonds. The van der Waals surface area contributed by atoms with Gasteiger partial charge in [0.15, 0.2) is 0 Å². The van der Waals surface area contributed by atoms with Gasteiger partial charge in [0.1, 0.15) is 11.9 Å². The van der Waals surface area contributed by atoms with Crippen LogP contribution in [-0.2, 0) is 33.8 Å². The summed E-state index contributed by atoms with van der Waals surface area (Å²) in [4.78, 5) is 47.8. The van der Waals surface area contributed by atoms with E-state index in [1.165, 1.54) is 0 Å². The van der Waals surface area contributed by atoms with Crippen LogP contribution in [0.25, 0.3) is 0 Å². The quantitative estimate of drug-likeness (QED) is 0.310. The second kappa shape index (κ2) is 14.5. The molecule has 1 fully saturated rings. The number of carbonyl (C=O) groups excluding carboxylic acids is 3. The predicted octanol–water partition coefficient (Wildman–Crippen LogP) is 3.03. The van der Waals surface area contributed by atoms with E-state index in [1.807, 2.05) is 29.6 Å². The molecule has 12 heteroatoms. The maximum Gasteiger partial charge on any atom is 0.245 e. The number of hydrogen-bond donors (Lipinski definition) is 3. The summed E-state index contributed by atoms with van der Waals surface area (Å²) in [6.45, 7) is 2.58. The summed E-state index contributed by atoms with van der Waals surface area (Å²) >= 11 is 13.9. The lowest BCUT2D eigenvalue weighted by Crippen LogP contribution is -2.56. The van der Waals surface area contributed by atoms with E-state index in [9.17, 15) is 14.4 Å². The number of halogens is 2. The molecule has 9 nitrogen and oxygen atoms in total. The molecule has 212 valence electrons. The van der Waals surface area contributed by atoms with Crippen molar-refractivity contribution in [3.05, 3.63) is 80.1 Å². The smallest absolute Gasteiger partial charge is 0.245 e. The second-order valence-corrected chi connectivity index (χ2v) is 11.3. The van der Waals surface area contributed by atoms with Crippen LogP contribution in [-0.4, -0.2) is 66.4 Å². The van der Waals surface area contributed by atoms with Crippen molar-refractivity contribution in [3.8, 4) is 0 Å². The highest BCUT2D eigenvalue weighted by Crippen LogP contribution is 2.24. The predicted molar refractivity (Wildman–Crippen MR) is 159 cm³/mol. The zero-order valence-electron chi connectivity index (χ0n) is 21.9. The van der Waals surface area contributed by atoms with E-state index in [-0.39, 0.29) is 37.1 Å². The van der Waals surface area contributed by atoms with Gasteiger partial charge >= 0.3 is 0 Å². The summed E-state index contributed by atoms with van der Waals surface area (Å²) in [5.74, 6) is 0.268. The summed E-state index contributed by atoms with van der Waals surface area (Å²) < 4.78 is 0. The van der Waals surface area contributed by atoms with E-state index >= 15 is 0 Å². The van der Waals surface area contributed by atoms with Crippen molar-refractivity contribution < 1.29 is 14.4 Å². The third-order valence-corrected chi connectivity index (χ3v) is 8.06. The van der Waals surface area contributed by atoms with Crippen molar-refractivity contribution in [1.29, 1.82) is 0 Å². The SMILES string of the molecule is NCCC(=O)N[C@H](Cc1ccc(Cl)cc1Cl)C(=O)N1CCN(c2ncccc2CNC(=O)Cc2cccs2)CC1. The Balaban J connectivity index is 1.38. The van der Waals surface area contributed by atoms with E-state index < -0.39 is 6.04 Å². The lowest BCUT2D eigenvalue weighted by atomic mass is 10.0.